The van der Waals surface area contributed by atoms with Crippen LogP contribution in [0.1, 0.15) is 17.2 Å². The van der Waals surface area contributed by atoms with E-state index in [0.717, 1.165) is 11.3 Å². The lowest BCUT2D eigenvalue weighted by Gasteiger charge is -2.11. The van der Waals surface area contributed by atoms with E-state index in [-0.39, 0.29) is 11.8 Å². The standard InChI is InChI=1S/C15H11Cl3N2O/c16-8-2-4-15(21)11(5-8)14-7-13(19-20-14)10-3-1-9(17)6-12(10)18/h1-7,13,19-21H/t13-/m1/s1. The number of benzene rings is 2. The van der Waals surface area contributed by atoms with Crippen molar-refractivity contribution < 1.29 is 5.11 Å². The number of halogens is 3. The van der Waals surface area contributed by atoms with E-state index in [0.29, 0.717) is 20.6 Å². The quantitative estimate of drug-likeness (QED) is 0.751. The minimum absolute atomic E-state index is 0.122. The van der Waals surface area contributed by atoms with Gasteiger partial charge in [0, 0.05) is 20.6 Å². The Morgan fingerprint density at radius 2 is 1.67 bits per heavy atom. The molecule has 0 aliphatic carbocycles. The Morgan fingerprint density at radius 3 is 2.43 bits per heavy atom. The fraction of sp³-hybridized carbons (Fsp3) is 0.0667. The lowest BCUT2D eigenvalue weighted by molar-refractivity contribution is 0.473. The summed E-state index contributed by atoms with van der Waals surface area (Å²) in [6.45, 7) is 0. The second-order valence-electron chi connectivity index (χ2n) is 4.65. The van der Waals surface area contributed by atoms with Crippen LogP contribution in [0.15, 0.2) is 42.5 Å². The zero-order chi connectivity index (χ0) is 15.0. The number of aromatic hydroxyl groups is 1. The molecule has 0 saturated carbocycles. The fourth-order valence-corrected chi connectivity index (χ4v) is 2.91. The van der Waals surface area contributed by atoms with Gasteiger partial charge in [0.25, 0.3) is 0 Å². The summed E-state index contributed by atoms with van der Waals surface area (Å²) in [4.78, 5) is 0. The summed E-state index contributed by atoms with van der Waals surface area (Å²) in [6.07, 6.45) is 1.93. The molecule has 2 aromatic rings. The molecule has 3 N–H and O–H groups in total. The number of phenolic OH excluding ortho intramolecular Hbond substituents is 1. The van der Waals surface area contributed by atoms with Crippen LogP contribution in [0, 0.1) is 0 Å². The summed E-state index contributed by atoms with van der Waals surface area (Å²) in [5.74, 6) is 0.155. The zero-order valence-corrected chi connectivity index (χ0v) is 13.0. The van der Waals surface area contributed by atoms with Gasteiger partial charge in [-0.2, -0.15) is 0 Å². The first-order chi connectivity index (χ1) is 10.0. The molecular formula is C15H11Cl3N2O. The van der Waals surface area contributed by atoms with Gasteiger partial charge in [0.05, 0.1) is 11.7 Å². The first kappa shape index (κ1) is 14.5. The molecule has 1 atom stereocenters. The van der Waals surface area contributed by atoms with E-state index in [2.05, 4.69) is 10.9 Å². The molecule has 0 aromatic heterocycles. The Labute approximate surface area is 137 Å². The van der Waals surface area contributed by atoms with Crippen molar-refractivity contribution in [2.45, 2.75) is 6.04 Å². The van der Waals surface area contributed by atoms with Gasteiger partial charge in [-0.1, -0.05) is 40.9 Å². The smallest absolute Gasteiger partial charge is 0.125 e. The van der Waals surface area contributed by atoms with Crippen molar-refractivity contribution in [1.29, 1.82) is 0 Å². The van der Waals surface area contributed by atoms with Crippen LogP contribution < -0.4 is 10.9 Å². The lowest BCUT2D eigenvalue weighted by atomic mass is 10.0. The number of phenols is 1. The van der Waals surface area contributed by atoms with Gasteiger partial charge in [0.1, 0.15) is 5.75 Å². The highest BCUT2D eigenvalue weighted by atomic mass is 35.5. The predicted molar refractivity (Wildman–Crippen MR) is 86.6 cm³/mol. The molecular weight excluding hydrogens is 331 g/mol. The number of hydrogen-bond acceptors (Lipinski definition) is 3. The van der Waals surface area contributed by atoms with Gasteiger partial charge in [0.15, 0.2) is 0 Å². The Morgan fingerprint density at radius 1 is 0.952 bits per heavy atom. The molecule has 0 saturated heterocycles. The molecule has 3 rings (SSSR count). The van der Waals surface area contributed by atoms with Crippen molar-refractivity contribution in [3.05, 3.63) is 68.7 Å². The van der Waals surface area contributed by atoms with E-state index in [1.165, 1.54) is 0 Å². The summed E-state index contributed by atoms with van der Waals surface area (Å²) < 4.78 is 0. The molecule has 0 fully saturated rings. The third-order valence-electron chi connectivity index (χ3n) is 3.24. The molecule has 1 aliphatic rings. The van der Waals surface area contributed by atoms with Gasteiger partial charge in [-0.05, 0) is 42.0 Å². The maximum Gasteiger partial charge on any atom is 0.125 e. The summed E-state index contributed by atoms with van der Waals surface area (Å²) in [5, 5.41) is 11.7. The molecule has 0 amide bonds. The van der Waals surface area contributed by atoms with Gasteiger partial charge >= 0.3 is 0 Å². The van der Waals surface area contributed by atoms with Crippen molar-refractivity contribution >= 4 is 40.5 Å². The highest BCUT2D eigenvalue weighted by molar-refractivity contribution is 6.35. The Kier molecular flexibility index (Phi) is 4.00. The highest BCUT2D eigenvalue weighted by Crippen LogP contribution is 2.34. The van der Waals surface area contributed by atoms with E-state index < -0.39 is 0 Å². The SMILES string of the molecule is Oc1ccc(Cl)cc1C1=C[C@H](c2ccc(Cl)cc2Cl)NN1. The maximum absolute atomic E-state index is 9.93. The van der Waals surface area contributed by atoms with E-state index in [1.54, 1.807) is 30.3 Å². The normalized spacial score (nSPS) is 17.5. The van der Waals surface area contributed by atoms with Crippen LogP contribution >= 0.6 is 34.8 Å². The van der Waals surface area contributed by atoms with Crippen LogP contribution in [0.4, 0.5) is 0 Å². The Bertz CT molecular complexity index is 731. The summed E-state index contributed by atoms with van der Waals surface area (Å²) in [5.41, 5.74) is 8.40. The second kappa shape index (κ2) is 5.78. The molecule has 21 heavy (non-hydrogen) atoms. The third-order valence-corrected chi connectivity index (χ3v) is 4.04. The molecule has 108 valence electrons. The molecule has 1 heterocycles. The van der Waals surface area contributed by atoms with Crippen molar-refractivity contribution in [2.75, 3.05) is 0 Å². The van der Waals surface area contributed by atoms with Crippen molar-refractivity contribution in [3.8, 4) is 5.75 Å². The zero-order valence-electron chi connectivity index (χ0n) is 10.7. The number of rotatable bonds is 2. The summed E-state index contributed by atoms with van der Waals surface area (Å²) in [6, 6.07) is 10.1. The minimum Gasteiger partial charge on any atom is -0.507 e. The van der Waals surface area contributed by atoms with Crippen molar-refractivity contribution in [1.82, 2.24) is 10.9 Å². The monoisotopic (exact) mass is 340 g/mol. The molecule has 6 heteroatoms. The van der Waals surface area contributed by atoms with Crippen LogP contribution in [-0.4, -0.2) is 5.11 Å². The first-order valence-corrected chi connectivity index (χ1v) is 7.35. The van der Waals surface area contributed by atoms with Gasteiger partial charge in [-0.25, -0.2) is 5.43 Å². The third kappa shape index (κ3) is 2.97. The van der Waals surface area contributed by atoms with Crippen LogP contribution in [0.5, 0.6) is 5.75 Å². The summed E-state index contributed by atoms with van der Waals surface area (Å²) in [7, 11) is 0. The Hall–Kier alpha value is -1.39. The molecule has 0 radical (unpaired) electrons. The van der Waals surface area contributed by atoms with Gasteiger partial charge in [-0.15, -0.1) is 0 Å². The van der Waals surface area contributed by atoms with Gasteiger partial charge in [0.2, 0.25) is 0 Å². The second-order valence-corrected chi connectivity index (χ2v) is 5.93. The van der Waals surface area contributed by atoms with E-state index in [1.807, 2.05) is 12.1 Å². The molecule has 0 spiro atoms. The molecule has 0 unspecified atom stereocenters. The molecule has 2 aromatic carbocycles. The van der Waals surface area contributed by atoms with E-state index in [9.17, 15) is 5.11 Å². The van der Waals surface area contributed by atoms with Gasteiger partial charge < -0.3 is 10.5 Å². The lowest BCUT2D eigenvalue weighted by Crippen LogP contribution is -2.26. The van der Waals surface area contributed by atoms with Crippen LogP contribution in [0.25, 0.3) is 5.70 Å². The Balaban J connectivity index is 1.95. The molecule has 3 nitrogen and oxygen atoms in total. The predicted octanol–water partition coefficient (Wildman–Crippen LogP) is 4.54. The molecule has 1 aliphatic heterocycles. The summed E-state index contributed by atoms with van der Waals surface area (Å²) >= 11 is 18.1. The largest absolute Gasteiger partial charge is 0.507 e. The van der Waals surface area contributed by atoms with E-state index >= 15 is 0 Å². The highest BCUT2D eigenvalue weighted by Gasteiger charge is 2.21. The first-order valence-electron chi connectivity index (χ1n) is 6.22. The number of nitrogens with one attached hydrogen (secondary N) is 2. The molecule has 0 bridgehead atoms. The topological polar surface area (TPSA) is 44.3 Å². The fourth-order valence-electron chi connectivity index (χ4n) is 2.21. The van der Waals surface area contributed by atoms with Crippen LogP contribution in [0.2, 0.25) is 15.1 Å². The maximum atomic E-state index is 9.93. The van der Waals surface area contributed by atoms with Crippen LogP contribution in [-0.2, 0) is 0 Å². The number of hydrazine groups is 1. The minimum atomic E-state index is -0.122. The number of hydrogen-bond donors (Lipinski definition) is 3. The van der Waals surface area contributed by atoms with Gasteiger partial charge in [-0.3, -0.25) is 0 Å². The van der Waals surface area contributed by atoms with E-state index in [4.69, 9.17) is 34.8 Å². The van der Waals surface area contributed by atoms with Crippen molar-refractivity contribution in [3.63, 3.8) is 0 Å². The van der Waals surface area contributed by atoms with Crippen LogP contribution in [0.3, 0.4) is 0 Å². The average molecular weight is 342 g/mol. The van der Waals surface area contributed by atoms with Crippen molar-refractivity contribution in [2.24, 2.45) is 0 Å². The average Bonchev–Trinajstić information content (AvgIpc) is 2.91.